The van der Waals surface area contributed by atoms with Gasteiger partial charge in [0.15, 0.2) is 0 Å². The molecule has 1 aromatic rings. The van der Waals surface area contributed by atoms with Crippen molar-refractivity contribution in [3.8, 4) is 0 Å². The van der Waals surface area contributed by atoms with Gasteiger partial charge in [0.1, 0.15) is 5.82 Å². The summed E-state index contributed by atoms with van der Waals surface area (Å²) >= 11 is 0. The molecule has 0 saturated heterocycles. The molecule has 0 unspecified atom stereocenters. The lowest BCUT2D eigenvalue weighted by Gasteiger charge is -2.15. The Balaban J connectivity index is 2.68. The van der Waals surface area contributed by atoms with E-state index in [0.717, 1.165) is 30.9 Å². The number of nitrogens with zero attached hydrogens (tertiary/aromatic N) is 2. The molecule has 1 heterocycles. The van der Waals surface area contributed by atoms with Crippen molar-refractivity contribution in [2.75, 3.05) is 5.73 Å². The number of aromatic nitrogens is 2. The molecule has 86 valence electrons. The van der Waals surface area contributed by atoms with Gasteiger partial charge in [-0.2, -0.15) is 5.10 Å². The summed E-state index contributed by atoms with van der Waals surface area (Å²) in [5.41, 5.74) is 7.28. The van der Waals surface area contributed by atoms with E-state index in [1.807, 2.05) is 10.7 Å². The van der Waals surface area contributed by atoms with E-state index in [1.54, 1.807) is 0 Å². The van der Waals surface area contributed by atoms with E-state index in [1.165, 1.54) is 6.42 Å². The maximum Gasteiger partial charge on any atom is 0.121 e. The van der Waals surface area contributed by atoms with Gasteiger partial charge >= 0.3 is 0 Å². The van der Waals surface area contributed by atoms with Crippen LogP contribution < -0.4 is 5.73 Å². The maximum absolute atomic E-state index is 5.90. The molecule has 0 radical (unpaired) electrons. The number of aryl methyl sites for hydroxylation is 1. The minimum atomic E-state index is 0.274. The van der Waals surface area contributed by atoms with Gasteiger partial charge in [-0.1, -0.05) is 34.1 Å². The first-order chi connectivity index (χ1) is 6.92. The summed E-state index contributed by atoms with van der Waals surface area (Å²) < 4.78 is 1.92. The summed E-state index contributed by atoms with van der Waals surface area (Å²) in [6, 6.07) is 2.00. The molecule has 15 heavy (non-hydrogen) atoms. The second-order valence-electron chi connectivity index (χ2n) is 5.37. The van der Waals surface area contributed by atoms with Crippen LogP contribution in [0.2, 0.25) is 0 Å². The summed E-state index contributed by atoms with van der Waals surface area (Å²) in [5.74, 6) is 0.794. The maximum atomic E-state index is 5.90. The Morgan fingerprint density at radius 1 is 1.40 bits per heavy atom. The van der Waals surface area contributed by atoms with Crippen molar-refractivity contribution in [3.05, 3.63) is 11.8 Å². The fraction of sp³-hybridized carbons (Fsp3) is 0.750. The highest BCUT2D eigenvalue weighted by Crippen LogP contribution is 2.21. The van der Waals surface area contributed by atoms with Gasteiger partial charge in [-0.15, -0.1) is 0 Å². The van der Waals surface area contributed by atoms with Crippen LogP contribution in [0.3, 0.4) is 0 Å². The standard InChI is InChI=1S/C12H23N3/c1-5-6-7-15-11(13)8-10(14-15)9-12(2,3)4/h8H,5-7,9,13H2,1-4H3. The summed E-state index contributed by atoms with van der Waals surface area (Å²) in [7, 11) is 0. The SMILES string of the molecule is CCCCn1nc(CC(C)(C)C)cc1N. The lowest BCUT2D eigenvalue weighted by molar-refractivity contribution is 0.402. The molecule has 0 atom stereocenters. The van der Waals surface area contributed by atoms with E-state index in [-0.39, 0.29) is 5.41 Å². The highest BCUT2D eigenvalue weighted by atomic mass is 15.3. The zero-order valence-corrected chi connectivity index (χ0v) is 10.4. The number of anilines is 1. The monoisotopic (exact) mass is 209 g/mol. The lowest BCUT2D eigenvalue weighted by atomic mass is 9.91. The van der Waals surface area contributed by atoms with Crippen LogP contribution >= 0.6 is 0 Å². The Hall–Kier alpha value is -0.990. The molecule has 0 bridgehead atoms. The number of nitrogen functional groups attached to an aromatic ring is 1. The van der Waals surface area contributed by atoms with Crippen LogP contribution in [0, 0.1) is 5.41 Å². The largest absolute Gasteiger partial charge is 0.384 e. The van der Waals surface area contributed by atoms with Gasteiger partial charge < -0.3 is 5.73 Å². The minimum Gasteiger partial charge on any atom is -0.384 e. The third-order valence-electron chi connectivity index (χ3n) is 2.30. The Labute approximate surface area is 92.7 Å². The zero-order chi connectivity index (χ0) is 11.5. The van der Waals surface area contributed by atoms with Crippen molar-refractivity contribution in [1.82, 2.24) is 9.78 Å². The first-order valence-electron chi connectivity index (χ1n) is 5.74. The van der Waals surface area contributed by atoms with Crippen molar-refractivity contribution in [2.45, 2.75) is 53.5 Å². The Morgan fingerprint density at radius 2 is 2.07 bits per heavy atom. The van der Waals surface area contributed by atoms with Crippen molar-refractivity contribution in [2.24, 2.45) is 5.41 Å². The fourth-order valence-corrected chi connectivity index (χ4v) is 1.60. The molecule has 0 aliphatic heterocycles. The minimum absolute atomic E-state index is 0.274. The van der Waals surface area contributed by atoms with Crippen molar-refractivity contribution in [1.29, 1.82) is 0 Å². The molecule has 3 nitrogen and oxygen atoms in total. The van der Waals surface area contributed by atoms with E-state index >= 15 is 0 Å². The summed E-state index contributed by atoms with van der Waals surface area (Å²) in [6.45, 7) is 9.76. The summed E-state index contributed by atoms with van der Waals surface area (Å²) in [6.07, 6.45) is 3.30. The van der Waals surface area contributed by atoms with Crippen LogP contribution in [-0.2, 0) is 13.0 Å². The van der Waals surface area contributed by atoms with E-state index < -0.39 is 0 Å². The molecule has 1 rings (SSSR count). The van der Waals surface area contributed by atoms with Gasteiger partial charge in [0, 0.05) is 12.6 Å². The van der Waals surface area contributed by atoms with E-state index in [2.05, 4.69) is 32.8 Å². The van der Waals surface area contributed by atoms with Gasteiger partial charge in [0.2, 0.25) is 0 Å². The van der Waals surface area contributed by atoms with Crippen LogP contribution in [0.15, 0.2) is 6.07 Å². The molecule has 1 aromatic heterocycles. The molecule has 0 amide bonds. The van der Waals surface area contributed by atoms with E-state index in [0.29, 0.717) is 0 Å². The first-order valence-corrected chi connectivity index (χ1v) is 5.74. The first kappa shape index (κ1) is 12.1. The quantitative estimate of drug-likeness (QED) is 0.828. The third-order valence-corrected chi connectivity index (χ3v) is 2.30. The van der Waals surface area contributed by atoms with Crippen molar-refractivity contribution in [3.63, 3.8) is 0 Å². The van der Waals surface area contributed by atoms with Gasteiger partial charge in [-0.05, 0) is 18.3 Å². The average molecular weight is 209 g/mol. The Morgan fingerprint density at radius 3 is 2.60 bits per heavy atom. The third kappa shape index (κ3) is 3.94. The van der Waals surface area contributed by atoms with Crippen LogP contribution in [0.1, 0.15) is 46.2 Å². The van der Waals surface area contributed by atoms with Gasteiger partial charge in [-0.3, -0.25) is 0 Å². The second kappa shape index (κ2) is 4.69. The molecule has 0 aliphatic carbocycles. The highest BCUT2D eigenvalue weighted by Gasteiger charge is 2.14. The average Bonchev–Trinajstić information content (AvgIpc) is 2.39. The molecule has 2 N–H and O–H groups in total. The molecule has 0 saturated carbocycles. The van der Waals surface area contributed by atoms with E-state index in [4.69, 9.17) is 5.73 Å². The molecular formula is C12H23N3. The molecule has 0 aliphatic rings. The lowest BCUT2D eigenvalue weighted by Crippen LogP contribution is -2.10. The smallest absolute Gasteiger partial charge is 0.121 e. The number of nitrogens with two attached hydrogens (primary N) is 1. The number of hydrogen-bond donors (Lipinski definition) is 1. The Kier molecular flexibility index (Phi) is 3.77. The molecular weight excluding hydrogens is 186 g/mol. The van der Waals surface area contributed by atoms with Crippen LogP contribution in [0.5, 0.6) is 0 Å². The van der Waals surface area contributed by atoms with Crippen LogP contribution in [0.25, 0.3) is 0 Å². The van der Waals surface area contributed by atoms with Crippen molar-refractivity contribution < 1.29 is 0 Å². The van der Waals surface area contributed by atoms with Gasteiger partial charge in [0.25, 0.3) is 0 Å². The topological polar surface area (TPSA) is 43.8 Å². The molecule has 3 heteroatoms. The van der Waals surface area contributed by atoms with Crippen LogP contribution in [-0.4, -0.2) is 9.78 Å². The summed E-state index contributed by atoms with van der Waals surface area (Å²) in [4.78, 5) is 0. The molecule has 0 fully saturated rings. The second-order valence-corrected chi connectivity index (χ2v) is 5.37. The van der Waals surface area contributed by atoms with Gasteiger partial charge in [-0.25, -0.2) is 4.68 Å². The number of rotatable bonds is 4. The van der Waals surface area contributed by atoms with Crippen molar-refractivity contribution >= 4 is 5.82 Å². The molecule has 0 aromatic carbocycles. The highest BCUT2D eigenvalue weighted by molar-refractivity contribution is 5.31. The number of hydrogen-bond acceptors (Lipinski definition) is 2. The van der Waals surface area contributed by atoms with E-state index in [9.17, 15) is 0 Å². The van der Waals surface area contributed by atoms with Gasteiger partial charge in [0.05, 0.1) is 5.69 Å². The predicted molar refractivity (Wildman–Crippen MR) is 64.7 cm³/mol. The number of unbranched alkanes of at least 4 members (excludes halogenated alkanes) is 1. The zero-order valence-electron chi connectivity index (χ0n) is 10.4. The molecule has 0 spiro atoms. The normalized spacial score (nSPS) is 12.0. The van der Waals surface area contributed by atoms with Crippen LogP contribution in [0.4, 0.5) is 5.82 Å². The summed E-state index contributed by atoms with van der Waals surface area (Å²) in [5, 5.41) is 4.52. The fourth-order valence-electron chi connectivity index (χ4n) is 1.60. The Bertz CT molecular complexity index is 307. The predicted octanol–water partition coefficient (Wildman–Crippen LogP) is 2.85.